The molecule has 45 heavy (non-hydrogen) atoms. The number of methoxy groups -OCH3 is 3. The summed E-state index contributed by atoms with van der Waals surface area (Å²) in [5.41, 5.74) is 5.30. The molecule has 0 aliphatic carbocycles. The number of benzene rings is 3. The molecule has 236 valence electrons. The molecule has 0 bridgehead atoms. The lowest BCUT2D eigenvalue weighted by atomic mass is 9.95. The number of allylic oxidation sites excluding steroid dienone is 1. The number of rotatable bonds is 12. The Hall–Kier alpha value is -4.31. The Morgan fingerprint density at radius 1 is 1.02 bits per heavy atom. The lowest BCUT2D eigenvalue weighted by molar-refractivity contribution is -0.136. The van der Waals surface area contributed by atoms with Gasteiger partial charge in [-0.2, -0.15) is 5.10 Å². The van der Waals surface area contributed by atoms with E-state index in [9.17, 15) is 14.4 Å². The summed E-state index contributed by atoms with van der Waals surface area (Å²) in [7, 11) is 4.25. The highest BCUT2D eigenvalue weighted by Crippen LogP contribution is 2.35. The molecular weight excluding hydrogens is 763 g/mol. The topological polar surface area (TPSA) is 146 Å². The second-order valence-corrected chi connectivity index (χ2v) is 11.6. The zero-order valence-corrected chi connectivity index (χ0v) is 28.5. The number of urea groups is 1. The quantitative estimate of drug-likeness (QED) is 0.101. The van der Waals surface area contributed by atoms with E-state index in [1.165, 1.54) is 20.4 Å². The van der Waals surface area contributed by atoms with E-state index in [1.807, 2.05) is 30.3 Å². The van der Waals surface area contributed by atoms with Crippen LogP contribution < -0.4 is 35.0 Å². The molecule has 0 spiro atoms. The maximum atomic E-state index is 12.5. The van der Waals surface area contributed by atoms with Crippen molar-refractivity contribution in [3.05, 3.63) is 90.6 Å². The van der Waals surface area contributed by atoms with Gasteiger partial charge in [-0.05, 0) is 82.6 Å². The average Bonchev–Trinajstić information content (AvgIpc) is 3.02. The van der Waals surface area contributed by atoms with Gasteiger partial charge in [0.05, 0.1) is 42.7 Å². The third-order valence-electron chi connectivity index (χ3n) is 6.48. The zero-order chi connectivity index (χ0) is 32.5. The predicted molar refractivity (Wildman–Crippen MR) is 178 cm³/mol. The predicted octanol–water partition coefficient (Wildman–Crippen LogP) is 4.98. The molecule has 3 aromatic rings. The number of carbonyl (C=O) groups excluding carboxylic acids is 3. The number of nitrogens with one attached hydrogen (secondary N) is 3. The van der Waals surface area contributed by atoms with Crippen LogP contribution in [0.3, 0.4) is 0 Å². The summed E-state index contributed by atoms with van der Waals surface area (Å²) in [6, 6.07) is 15.1. The fourth-order valence-corrected chi connectivity index (χ4v) is 5.63. The van der Waals surface area contributed by atoms with Gasteiger partial charge < -0.3 is 34.3 Å². The van der Waals surface area contributed by atoms with Gasteiger partial charge in [0.1, 0.15) is 6.61 Å². The van der Waals surface area contributed by atoms with Gasteiger partial charge in [0.25, 0.3) is 5.91 Å². The molecule has 0 unspecified atom stereocenters. The Morgan fingerprint density at radius 3 is 2.51 bits per heavy atom. The molecule has 1 atom stereocenters. The van der Waals surface area contributed by atoms with Crippen molar-refractivity contribution in [2.45, 2.75) is 19.6 Å². The van der Waals surface area contributed by atoms with Gasteiger partial charge in [0.15, 0.2) is 29.6 Å². The van der Waals surface area contributed by atoms with Crippen LogP contribution in [0.5, 0.6) is 23.0 Å². The number of halogens is 2. The average molecular weight is 793 g/mol. The van der Waals surface area contributed by atoms with Gasteiger partial charge in [-0.3, -0.25) is 4.79 Å². The summed E-state index contributed by atoms with van der Waals surface area (Å²) in [6.07, 6.45) is 1.48. The van der Waals surface area contributed by atoms with Crippen molar-refractivity contribution in [2.24, 2.45) is 5.10 Å². The van der Waals surface area contributed by atoms with Gasteiger partial charge >= 0.3 is 12.0 Å². The fraction of sp³-hybridized carbons (Fsp3) is 0.226. The van der Waals surface area contributed by atoms with E-state index in [0.29, 0.717) is 40.7 Å². The molecule has 4 rings (SSSR count). The first-order chi connectivity index (χ1) is 21.6. The number of carbonyl (C=O) groups is 3. The molecule has 0 fully saturated rings. The molecular formula is C31H30BrIN4O8. The second kappa shape index (κ2) is 15.6. The highest BCUT2D eigenvalue weighted by atomic mass is 127. The van der Waals surface area contributed by atoms with Gasteiger partial charge in [0.2, 0.25) is 0 Å². The lowest BCUT2D eigenvalue weighted by Gasteiger charge is -2.28. The molecule has 0 aromatic heterocycles. The largest absolute Gasteiger partial charge is 0.493 e. The van der Waals surface area contributed by atoms with Crippen LogP contribution in [0.15, 0.2) is 75.4 Å². The van der Waals surface area contributed by atoms with Crippen molar-refractivity contribution in [1.29, 1.82) is 0 Å². The molecule has 0 saturated heterocycles. The van der Waals surface area contributed by atoms with Crippen molar-refractivity contribution in [1.82, 2.24) is 16.1 Å². The SMILES string of the molecule is COC(=O)C1=C(C)NC(=O)N[C@@H]1c1ccc(OCC(=O)N/N=C\c2cc(I)c(OCc3cccc(Br)c3)c(OC)c2)c(OC)c1. The zero-order valence-electron chi connectivity index (χ0n) is 24.7. The van der Waals surface area contributed by atoms with Crippen molar-refractivity contribution >= 4 is 62.6 Å². The van der Waals surface area contributed by atoms with E-state index in [0.717, 1.165) is 13.6 Å². The maximum absolute atomic E-state index is 12.5. The van der Waals surface area contributed by atoms with Crippen LogP contribution in [0.2, 0.25) is 0 Å². The number of ether oxygens (including phenoxy) is 5. The Labute approximate surface area is 281 Å². The molecule has 12 nitrogen and oxygen atoms in total. The Bertz CT molecular complexity index is 1660. The van der Waals surface area contributed by atoms with Crippen LogP contribution in [0, 0.1) is 3.57 Å². The highest BCUT2D eigenvalue weighted by molar-refractivity contribution is 14.1. The second-order valence-electron chi connectivity index (χ2n) is 9.51. The van der Waals surface area contributed by atoms with Gasteiger partial charge in [-0.1, -0.05) is 34.1 Å². The number of hydrazone groups is 1. The van der Waals surface area contributed by atoms with Crippen molar-refractivity contribution < 1.29 is 38.1 Å². The first-order valence-electron chi connectivity index (χ1n) is 13.4. The van der Waals surface area contributed by atoms with Gasteiger partial charge in [-0.25, -0.2) is 15.0 Å². The Kier molecular flexibility index (Phi) is 11.6. The molecule has 1 aliphatic rings. The summed E-state index contributed by atoms with van der Waals surface area (Å²) < 4.78 is 29.3. The van der Waals surface area contributed by atoms with E-state index in [-0.39, 0.29) is 17.9 Å². The van der Waals surface area contributed by atoms with E-state index in [1.54, 1.807) is 38.3 Å². The number of esters is 1. The summed E-state index contributed by atoms with van der Waals surface area (Å²) in [6.45, 7) is 1.62. The number of hydrogen-bond donors (Lipinski definition) is 3. The normalized spacial score (nSPS) is 14.4. The van der Waals surface area contributed by atoms with Crippen LogP contribution >= 0.6 is 38.5 Å². The molecule has 1 heterocycles. The van der Waals surface area contributed by atoms with Crippen LogP contribution in [0.4, 0.5) is 4.79 Å². The maximum Gasteiger partial charge on any atom is 0.337 e. The van der Waals surface area contributed by atoms with E-state index >= 15 is 0 Å². The fourth-order valence-electron chi connectivity index (χ4n) is 4.40. The molecule has 3 amide bonds. The third kappa shape index (κ3) is 8.66. The number of hydrogen-bond acceptors (Lipinski definition) is 9. The first-order valence-corrected chi connectivity index (χ1v) is 15.2. The summed E-state index contributed by atoms with van der Waals surface area (Å²) in [5, 5.41) is 9.32. The van der Waals surface area contributed by atoms with E-state index in [2.05, 4.69) is 59.7 Å². The smallest absolute Gasteiger partial charge is 0.337 e. The third-order valence-corrected chi connectivity index (χ3v) is 7.78. The van der Waals surface area contributed by atoms with Gasteiger partial charge in [0, 0.05) is 10.2 Å². The minimum Gasteiger partial charge on any atom is -0.493 e. The number of nitrogens with zero attached hydrogens (tertiary/aromatic N) is 1. The lowest BCUT2D eigenvalue weighted by Crippen LogP contribution is -2.45. The van der Waals surface area contributed by atoms with Crippen LogP contribution in [0.1, 0.15) is 29.7 Å². The van der Waals surface area contributed by atoms with Crippen LogP contribution in [0.25, 0.3) is 0 Å². The number of amides is 3. The molecule has 0 saturated carbocycles. The van der Waals surface area contributed by atoms with Crippen molar-refractivity contribution in [3.63, 3.8) is 0 Å². The summed E-state index contributed by atoms with van der Waals surface area (Å²) in [5.74, 6) is 0.599. The standard InChI is InChI=1S/C31H30BrIN4O8/c1-17-27(30(39)43-4)28(36-31(40)35-17)20-8-9-23(24(13-20)41-2)44-16-26(38)37-34-14-19-11-22(33)29(25(12-19)42-3)45-15-18-6-5-7-21(32)10-18/h5-14,28H,15-16H2,1-4H3,(H,37,38)(H2,35,36,40)/b34-14-/t28-/m1/s1. The molecule has 3 aromatic carbocycles. The van der Waals surface area contributed by atoms with Crippen molar-refractivity contribution in [2.75, 3.05) is 27.9 Å². The minimum atomic E-state index is -0.777. The Morgan fingerprint density at radius 2 is 1.80 bits per heavy atom. The summed E-state index contributed by atoms with van der Waals surface area (Å²) in [4.78, 5) is 37.0. The summed E-state index contributed by atoms with van der Waals surface area (Å²) >= 11 is 5.62. The van der Waals surface area contributed by atoms with Gasteiger partial charge in [-0.15, -0.1) is 0 Å². The molecule has 0 radical (unpaired) electrons. The van der Waals surface area contributed by atoms with Crippen LogP contribution in [-0.4, -0.2) is 52.1 Å². The highest BCUT2D eigenvalue weighted by Gasteiger charge is 2.32. The van der Waals surface area contributed by atoms with E-state index < -0.39 is 23.9 Å². The van der Waals surface area contributed by atoms with Crippen molar-refractivity contribution in [3.8, 4) is 23.0 Å². The van der Waals surface area contributed by atoms with E-state index in [4.69, 9.17) is 23.7 Å². The van der Waals surface area contributed by atoms with Crippen LogP contribution in [-0.2, 0) is 20.9 Å². The first kappa shape index (κ1) is 33.6. The molecule has 3 N–H and O–H groups in total. The monoisotopic (exact) mass is 792 g/mol. The molecule has 14 heteroatoms. The molecule has 1 aliphatic heterocycles. The minimum absolute atomic E-state index is 0.250. The Balaban J connectivity index is 1.37.